The first-order valence-corrected chi connectivity index (χ1v) is 6.56. The van der Waals surface area contributed by atoms with Crippen LogP contribution in [0.2, 0.25) is 0 Å². The van der Waals surface area contributed by atoms with Crippen molar-refractivity contribution >= 4 is 17.7 Å². The minimum atomic E-state index is -1.53. The quantitative estimate of drug-likeness (QED) is 0.576. The third-order valence-electron chi connectivity index (χ3n) is 2.19. The summed E-state index contributed by atoms with van der Waals surface area (Å²) in [5, 5.41) is 8.43. The Morgan fingerprint density at radius 3 is 2.82 bits per heavy atom. The molecule has 0 aromatic carbocycles. The van der Waals surface area contributed by atoms with E-state index in [-0.39, 0.29) is 12.8 Å². The van der Waals surface area contributed by atoms with Crippen LogP contribution < -0.4 is 0 Å². The van der Waals surface area contributed by atoms with E-state index < -0.39 is 12.3 Å². The molecule has 0 aliphatic carbocycles. The molecule has 0 aliphatic rings. The van der Waals surface area contributed by atoms with Crippen LogP contribution in [0.3, 0.4) is 0 Å². The van der Waals surface area contributed by atoms with Crippen molar-refractivity contribution in [1.29, 1.82) is 0 Å². The van der Waals surface area contributed by atoms with Gasteiger partial charge in [-0.25, -0.2) is 4.39 Å². The molecule has 1 rings (SSSR count). The molecule has 0 saturated carbocycles. The van der Waals surface area contributed by atoms with Gasteiger partial charge in [0.2, 0.25) is 6.36 Å². The Morgan fingerprint density at radius 1 is 1.59 bits per heavy atom. The van der Waals surface area contributed by atoms with Crippen LogP contribution in [0.25, 0.3) is 0 Å². The maximum atomic E-state index is 13.0. The van der Waals surface area contributed by atoms with Crippen molar-refractivity contribution in [1.82, 2.24) is 14.8 Å². The second-order valence-corrected chi connectivity index (χ2v) is 4.30. The smallest absolute Gasteiger partial charge is 0.316 e. The van der Waals surface area contributed by atoms with Gasteiger partial charge in [-0.05, 0) is 12.7 Å². The molecular formula is C10H16FN3O2S. The summed E-state index contributed by atoms with van der Waals surface area (Å²) in [6.07, 6.45) is 1.13. The molecule has 1 unspecified atom stereocenters. The summed E-state index contributed by atoms with van der Waals surface area (Å²) in [6, 6.07) is 0. The number of ether oxygens (including phenoxy) is 1. The van der Waals surface area contributed by atoms with Gasteiger partial charge < -0.3 is 9.30 Å². The number of rotatable bonds is 6. The molecule has 96 valence electrons. The number of esters is 1. The van der Waals surface area contributed by atoms with E-state index in [4.69, 9.17) is 0 Å². The number of aromatic nitrogens is 3. The first kappa shape index (κ1) is 14.0. The van der Waals surface area contributed by atoms with E-state index in [9.17, 15) is 9.18 Å². The molecule has 1 aromatic heterocycles. The molecule has 0 bridgehead atoms. The highest BCUT2D eigenvalue weighted by atomic mass is 32.2. The summed E-state index contributed by atoms with van der Waals surface area (Å²) >= 11 is 1.43. The summed E-state index contributed by atoms with van der Waals surface area (Å²) < 4.78 is 19.3. The molecule has 0 aliphatic heterocycles. The highest BCUT2D eigenvalue weighted by Gasteiger charge is 2.16. The van der Waals surface area contributed by atoms with Gasteiger partial charge in [0.15, 0.2) is 5.16 Å². The average Bonchev–Trinajstić information content (AvgIpc) is 2.60. The third kappa shape index (κ3) is 3.99. The Hall–Kier alpha value is -1.11. The lowest BCUT2D eigenvalue weighted by Gasteiger charge is -2.08. The maximum absolute atomic E-state index is 13.0. The fraction of sp³-hybridized carbons (Fsp3) is 0.700. The van der Waals surface area contributed by atoms with E-state index >= 15 is 0 Å². The van der Waals surface area contributed by atoms with Crippen LogP contribution in [0.5, 0.6) is 0 Å². The van der Waals surface area contributed by atoms with Gasteiger partial charge in [-0.2, -0.15) is 0 Å². The van der Waals surface area contributed by atoms with Gasteiger partial charge in [-0.3, -0.25) is 4.79 Å². The number of hydrogen-bond donors (Lipinski definition) is 0. The van der Waals surface area contributed by atoms with E-state index in [0.29, 0.717) is 17.4 Å². The lowest BCUT2D eigenvalue weighted by atomic mass is 10.3. The highest BCUT2D eigenvalue weighted by Crippen LogP contribution is 2.12. The largest absolute Gasteiger partial charge is 0.431 e. The Morgan fingerprint density at radius 2 is 2.29 bits per heavy atom. The minimum Gasteiger partial charge on any atom is -0.431 e. The van der Waals surface area contributed by atoms with Crippen LogP contribution >= 0.6 is 11.8 Å². The lowest BCUT2D eigenvalue weighted by Crippen LogP contribution is -2.17. The van der Waals surface area contributed by atoms with Gasteiger partial charge in [0, 0.05) is 13.5 Å². The number of carbonyl (C=O) groups is 1. The van der Waals surface area contributed by atoms with Gasteiger partial charge in [0.25, 0.3) is 0 Å². The molecule has 0 saturated heterocycles. The van der Waals surface area contributed by atoms with E-state index in [1.54, 1.807) is 11.6 Å². The monoisotopic (exact) mass is 261 g/mol. The maximum Gasteiger partial charge on any atom is 0.316 e. The fourth-order valence-electron chi connectivity index (χ4n) is 1.28. The Balaban J connectivity index is 2.53. The molecular weight excluding hydrogens is 245 g/mol. The molecule has 1 heterocycles. The van der Waals surface area contributed by atoms with E-state index in [1.807, 2.05) is 13.2 Å². The van der Waals surface area contributed by atoms with Crippen molar-refractivity contribution in [2.24, 2.45) is 7.05 Å². The number of carbonyl (C=O) groups excluding carboxylic acids is 1. The molecule has 17 heavy (non-hydrogen) atoms. The van der Waals surface area contributed by atoms with Crippen molar-refractivity contribution in [3.63, 3.8) is 0 Å². The highest BCUT2D eigenvalue weighted by molar-refractivity contribution is 7.98. The zero-order chi connectivity index (χ0) is 12.8. The van der Waals surface area contributed by atoms with Crippen LogP contribution in [-0.4, -0.2) is 33.3 Å². The molecule has 0 fully saturated rings. The summed E-state index contributed by atoms with van der Waals surface area (Å²) in [7, 11) is 1.76. The van der Waals surface area contributed by atoms with E-state index in [1.165, 1.54) is 11.8 Å². The van der Waals surface area contributed by atoms with Crippen LogP contribution in [0.15, 0.2) is 5.16 Å². The molecule has 5 nitrogen and oxygen atoms in total. The van der Waals surface area contributed by atoms with Crippen molar-refractivity contribution in [2.75, 3.05) is 6.26 Å². The first-order chi connectivity index (χ1) is 8.08. The van der Waals surface area contributed by atoms with Crippen LogP contribution in [0.1, 0.15) is 25.6 Å². The predicted molar refractivity (Wildman–Crippen MR) is 62.4 cm³/mol. The van der Waals surface area contributed by atoms with Crippen molar-refractivity contribution in [2.45, 2.75) is 37.7 Å². The van der Waals surface area contributed by atoms with Crippen molar-refractivity contribution in [3.8, 4) is 0 Å². The lowest BCUT2D eigenvalue weighted by molar-refractivity contribution is -0.157. The molecule has 0 amide bonds. The number of halogens is 1. The average molecular weight is 261 g/mol. The third-order valence-corrected chi connectivity index (χ3v) is 2.91. The SMILES string of the molecule is CCCC(F)OC(=O)Cc1nnc(SC)n1C. The number of hydrogen-bond acceptors (Lipinski definition) is 5. The second-order valence-electron chi connectivity index (χ2n) is 3.53. The standard InChI is InChI=1S/C10H16FN3O2S/c1-4-5-7(11)16-9(15)6-8-12-13-10(17-3)14(8)2/h7H,4-6H2,1-3H3. The van der Waals surface area contributed by atoms with Crippen molar-refractivity contribution < 1.29 is 13.9 Å². The van der Waals surface area contributed by atoms with Crippen molar-refractivity contribution in [3.05, 3.63) is 5.82 Å². The zero-order valence-corrected chi connectivity index (χ0v) is 11.0. The molecule has 0 N–H and O–H groups in total. The number of alkyl halides is 1. The minimum absolute atomic E-state index is 0.0613. The topological polar surface area (TPSA) is 57.0 Å². The van der Waals surface area contributed by atoms with E-state index in [0.717, 1.165) is 0 Å². The normalized spacial score (nSPS) is 12.5. The van der Waals surface area contributed by atoms with Gasteiger partial charge in [-0.15, -0.1) is 10.2 Å². The Bertz CT molecular complexity index is 384. The van der Waals surface area contributed by atoms with Gasteiger partial charge in [0.05, 0.1) is 0 Å². The fourth-order valence-corrected chi connectivity index (χ4v) is 1.78. The second kappa shape index (κ2) is 6.58. The summed E-state index contributed by atoms with van der Waals surface area (Å²) in [6.45, 7) is 1.83. The van der Waals surface area contributed by atoms with Gasteiger partial charge in [0.1, 0.15) is 12.2 Å². The molecule has 1 atom stereocenters. The molecule has 7 heteroatoms. The predicted octanol–water partition coefficient (Wildman–Crippen LogP) is 1.72. The molecule has 0 spiro atoms. The first-order valence-electron chi connectivity index (χ1n) is 5.34. The van der Waals surface area contributed by atoms with Gasteiger partial charge in [-0.1, -0.05) is 18.7 Å². The number of nitrogens with zero attached hydrogens (tertiary/aromatic N) is 3. The summed E-state index contributed by atoms with van der Waals surface area (Å²) in [5.41, 5.74) is 0. The van der Waals surface area contributed by atoms with Crippen LogP contribution in [0, 0.1) is 0 Å². The van der Waals surface area contributed by atoms with E-state index in [2.05, 4.69) is 14.9 Å². The van der Waals surface area contributed by atoms with Crippen LogP contribution in [0.4, 0.5) is 4.39 Å². The Labute approximate surface area is 104 Å². The zero-order valence-electron chi connectivity index (χ0n) is 10.1. The Kier molecular flexibility index (Phi) is 5.40. The molecule has 1 aromatic rings. The molecule has 0 radical (unpaired) electrons. The summed E-state index contributed by atoms with van der Waals surface area (Å²) in [5.74, 6) is -0.142. The number of thioether (sulfide) groups is 1. The van der Waals surface area contributed by atoms with Crippen LogP contribution in [-0.2, 0) is 23.0 Å². The summed E-state index contributed by atoms with van der Waals surface area (Å²) in [4.78, 5) is 11.4. The van der Waals surface area contributed by atoms with Gasteiger partial charge >= 0.3 is 5.97 Å².